The summed E-state index contributed by atoms with van der Waals surface area (Å²) in [6.45, 7) is 0. The molecule has 0 saturated carbocycles. The number of halogens is 1. The molecule has 1 N–H and O–H groups in total. The van der Waals surface area contributed by atoms with E-state index in [9.17, 15) is 0 Å². The van der Waals surface area contributed by atoms with E-state index in [1.807, 2.05) is 18.2 Å². The van der Waals surface area contributed by atoms with E-state index in [2.05, 4.69) is 36.1 Å². The molecule has 0 aliphatic heterocycles. The average Bonchev–Trinajstić information content (AvgIpc) is 2.54. The second kappa shape index (κ2) is 3.02. The van der Waals surface area contributed by atoms with Crippen molar-refractivity contribution < 1.29 is 0 Å². The summed E-state index contributed by atoms with van der Waals surface area (Å²) in [7, 11) is 0. The van der Waals surface area contributed by atoms with Gasteiger partial charge in [-0.3, -0.25) is 10.1 Å². The van der Waals surface area contributed by atoms with Crippen molar-refractivity contribution in [3.63, 3.8) is 0 Å². The Morgan fingerprint density at radius 2 is 2.25 bits per heavy atom. The summed E-state index contributed by atoms with van der Waals surface area (Å²) in [5.74, 6) is 0.600. The van der Waals surface area contributed by atoms with Gasteiger partial charge in [0.15, 0.2) is 4.73 Å². The maximum absolute atomic E-state index is 4.10. The SMILES string of the molecule is Brc1nc(-c2ccccn2)n[nH]1. The van der Waals surface area contributed by atoms with Gasteiger partial charge in [0.2, 0.25) is 5.82 Å². The van der Waals surface area contributed by atoms with E-state index in [-0.39, 0.29) is 0 Å². The van der Waals surface area contributed by atoms with Crippen LogP contribution in [0.5, 0.6) is 0 Å². The summed E-state index contributed by atoms with van der Waals surface area (Å²) in [4.78, 5) is 8.16. The van der Waals surface area contributed by atoms with Crippen molar-refractivity contribution in [3.05, 3.63) is 29.1 Å². The van der Waals surface area contributed by atoms with Gasteiger partial charge < -0.3 is 0 Å². The minimum Gasteiger partial charge on any atom is -0.253 e. The number of nitrogens with zero attached hydrogens (tertiary/aromatic N) is 3. The normalized spacial score (nSPS) is 10.1. The molecule has 60 valence electrons. The Labute approximate surface area is 77.2 Å². The summed E-state index contributed by atoms with van der Waals surface area (Å²) < 4.78 is 0.614. The number of pyridine rings is 1. The van der Waals surface area contributed by atoms with E-state index in [1.165, 1.54) is 0 Å². The van der Waals surface area contributed by atoms with Crippen LogP contribution in [-0.4, -0.2) is 20.2 Å². The second-order valence-electron chi connectivity index (χ2n) is 2.16. The lowest BCUT2D eigenvalue weighted by Crippen LogP contribution is -1.83. The summed E-state index contributed by atoms with van der Waals surface area (Å²) in [5.41, 5.74) is 0.763. The highest BCUT2D eigenvalue weighted by molar-refractivity contribution is 9.10. The number of rotatable bonds is 1. The molecule has 2 aromatic heterocycles. The topological polar surface area (TPSA) is 54.5 Å². The maximum Gasteiger partial charge on any atom is 0.200 e. The summed E-state index contributed by atoms with van der Waals surface area (Å²) >= 11 is 3.17. The molecule has 12 heavy (non-hydrogen) atoms. The Morgan fingerprint density at radius 1 is 1.33 bits per heavy atom. The Bertz CT molecular complexity index is 370. The summed E-state index contributed by atoms with van der Waals surface area (Å²) in [6.07, 6.45) is 1.71. The number of aromatic amines is 1. The van der Waals surface area contributed by atoms with Crippen molar-refractivity contribution in [1.82, 2.24) is 20.2 Å². The van der Waals surface area contributed by atoms with Crippen LogP contribution in [0, 0.1) is 0 Å². The van der Waals surface area contributed by atoms with E-state index < -0.39 is 0 Å². The molecule has 0 bridgehead atoms. The van der Waals surface area contributed by atoms with Crippen molar-refractivity contribution in [3.8, 4) is 11.5 Å². The zero-order valence-corrected chi connectivity index (χ0v) is 7.62. The molecule has 0 aliphatic rings. The predicted octanol–water partition coefficient (Wildman–Crippen LogP) is 1.63. The van der Waals surface area contributed by atoms with Crippen LogP contribution in [0.2, 0.25) is 0 Å². The van der Waals surface area contributed by atoms with Crippen molar-refractivity contribution >= 4 is 15.9 Å². The smallest absolute Gasteiger partial charge is 0.200 e. The van der Waals surface area contributed by atoms with E-state index >= 15 is 0 Å². The van der Waals surface area contributed by atoms with E-state index in [0.29, 0.717) is 10.6 Å². The van der Waals surface area contributed by atoms with Gasteiger partial charge in [-0.1, -0.05) is 6.07 Å². The first-order chi connectivity index (χ1) is 5.86. The molecular weight excluding hydrogens is 220 g/mol. The highest BCUT2D eigenvalue weighted by Crippen LogP contribution is 2.11. The maximum atomic E-state index is 4.10. The van der Waals surface area contributed by atoms with Gasteiger partial charge in [-0.05, 0) is 28.1 Å². The van der Waals surface area contributed by atoms with Gasteiger partial charge in [0.25, 0.3) is 0 Å². The molecule has 0 radical (unpaired) electrons. The van der Waals surface area contributed by atoms with E-state index in [4.69, 9.17) is 0 Å². The summed E-state index contributed by atoms with van der Waals surface area (Å²) in [6, 6.07) is 5.60. The van der Waals surface area contributed by atoms with Crippen LogP contribution in [-0.2, 0) is 0 Å². The lowest BCUT2D eigenvalue weighted by atomic mass is 10.3. The molecule has 4 nitrogen and oxygen atoms in total. The van der Waals surface area contributed by atoms with Crippen molar-refractivity contribution in [2.75, 3.05) is 0 Å². The second-order valence-corrected chi connectivity index (χ2v) is 2.92. The molecule has 0 spiro atoms. The molecule has 0 atom stereocenters. The van der Waals surface area contributed by atoms with Gasteiger partial charge in [0, 0.05) is 6.20 Å². The lowest BCUT2D eigenvalue weighted by molar-refractivity contribution is 1.07. The standard InChI is InChI=1S/C7H5BrN4/c8-7-10-6(11-12-7)5-3-1-2-4-9-5/h1-4H,(H,10,11,12). The molecule has 0 saturated heterocycles. The predicted molar refractivity (Wildman–Crippen MR) is 47.3 cm³/mol. The minimum atomic E-state index is 0.600. The lowest BCUT2D eigenvalue weighted by Gasteiger charge is -1.89. The highest BCUT2D eigenvalue weighted by atomic mass is 79.9. The van der Waals surface area contributed by atoms with Crippen LogP contribution in [0.15, 0.2) is 29.1 Å². The Hall–Kier alpha value is -1.23. The average molecular weight is 225 g/mol. The highest BCUT2D eigenvalue weighted by Gasteiger charge is 2.03. The zero-order valence-electron chi connectivity index (χ0n) is 6.03. The number of nitrogens with one attached hydrogen (secondary N) is 1. The van der Waals surface area contributed by atoms with Crippen molar-refractivity contribution in [2.45, 2.75) is 0 Å². The fourth-order valence-electron chi connectivity index (χ4n) is 0.852. The Balaban J connectivity index is 2.45. The van der Waals surface area contributed by atoms with Crippen LogP contribution in [0.25, 0.3) is 11.5 Å². The zero-order chi connectivity index (χ0) is 8.39. The van der Waals surface area contributed by atoms with Crippen molar-refractivity contribution in [1.29, 1.82) is 0 Å². The first-order valence-electron chi connectivity index (χ1n) is 3.35. The molecule has 0 unspecified atom stereocenters. The summed E-state index contributed by atoms with van der Waals surface area (Å²) in [5, 5.41) is 6.62. The van der Waals surface area contributed by atoms with Gasteiger partial charge in [0.05, 0.1) is 0 Å². The minimum absolute atomic E-state index is 0.600. The Kier molecular flexibility index (Phi) is 1.87. The van der Waals surface area contributed by atoms with Crippen LogP contribution in [0.3, 0.4) is 0 Å². The van der Waals surface area contributed by atoms with E-state index in [1.54, 1.807) is 6.20 Å². The molecular formula is C7H5BrN4. The third-order valence-electron chi connectivity index (χ3n) is 1.35. The molecule has 5 heteroatoms. The van der Waals surface area contributed by atoms with Crippen LogP contribution < -0.4 is 0 Å². The number of hydrogen-bond acceptors (Lipinski definition) is 3. The third-order valence-corrected chi connectivity index (χ3v) is 1.71. The van der Waals surface area contributed by atoms with Gasteiger partial charge in [-0.15, -0.1) is 0 Å². The number of aromatic nitrogens is 4. The fraction of sp³-hybridized carbons (Fsp3) is 0. The fourth-order valence-corrected chi connectivity index (χ4v) is 1.11. The van der Waals surface area contributed by atoms with Crippen molar-refractivity contribution in [2.24, 2.45) is 0 Å². The molecule has 2 rings (SSSR count). The largest absolute Gasteiger partial charge is 0.253 e. The molecule has 2 heterocycles. The molecule has 0 aliphatic carbocycles. The first kappa shape index (κ1) is 7.42. The van der Waals surface area contributed by atoms with Gasteiger partial charge in [-0.25, -0.2) is 0 Å². The van der Waals surface area contributed by atoms with Crippen LogP contribution >= 0.6 is 15.9 Å². The molecule has 0 fully saturated rings. The quantitative estimate of drug-likeness (QED) is 0.802. The van der Waals surface area contributed by atoms with Crippen LogP contribution in [0.1, 0.15) is 0 Å². The monoisotopic (exact) mass is 224 g/mol. The molecule has 2 aromatic rings. The molecule has 0 aromatic carbocycles. The third kappa shape index (κ3) is 1.35. The number of H-pyrrole nitrogens is 1. The van der Waals surface area contributed by atoms with Gasteiger partial charge in [0.1, 0.15) is 5.69 Å². The van der Waals surface area contributed by atoms with Crippen LogP contribution in [0.4, 0.5) is 0 Å². The first-order valence-corrected chi connectivity index (χ1v) is 4.15. The molecule has 0 amide bonds. The van der Waals surface area contributed by atoms with Gasteiger partial charge >= 0.3 is 0 Å². The van der Waals surface area contributed by atoms with Gasteiger partial charge in [-0.2, -0.15) is 10.1 Å². The Morgan fingerprint density at radius 3 is 2.83 bits per heavy atom. The number of hydrogen-bond donors (Lipinski definition) is 1. The van der Waals surface area contributed by atoms with E-state index in [0.717, 1.165) is 5.69 Å².